The van der Waals surface area contributed by atoms with Gasteiger partial charge in [-0.15, -0.1) is 0 Å². The highest BCUT2D eigenvalue weighted by molar-refractivity contribution is 7.63. The summed E-state index contributed by atoms with van der Waals surface area (Å²) in [6.07, 6.45) is 1.50. The first-order valence-electron chi connectivity index (χ1n) is 2.57. The largest absolute Gasteiger partial charge is 0.396 e. The highest BCUT2D eigenvalue weighted by Gasteiger charge is 1.86. The molecule has 5 heteroatoms. The molecule has 0 aliphatic carbocycles. The minimum absolute atomic E-state index is 0.0301. The first-order valence-corrected chi connectivity index (χ1v) is 3.65. The Balaban J connectivity index is 3.78. The van der Waals surface area contributed by atoms with Crippen LogP contribution in [0.15, 0.2) is 18.3 Å². The number of H-pyrrole nitrogens is 1. The van der Waals surface area contributed by atoms with Crippen LogP contribution in [0, 0.1) is 4.64 Å². The number of nitrogen functional groups attached to an aromatic ring is 1. The third-order valence-electron chi connectivity index (χ3n) is 1.02. The number of nitrogens with two attached hydrogens (primary N) is 1. The average molecular weight is 158 g/mol. The number of aromatic amines is 1. The predicted octanol–water partition coefficient (Wildman–Crippen LogP) is 0.00799. The molecule has 0 spiro atoms. The molecule has 0 unspecified atom stereocenters. The lowest BCUT2D eigenvalue weighted by atomic mass is 10.4. The van der Waals surface area contributed by atoms with Crippen molar-refractivity contribution in [2.75, 3.05) is 5.73 Å². The van der Waals surface area contributed by atoms with E-state index in [4.69, 9.17) is 5.73 Å². The summed E-state index contributed by atoms with van der Waals surface area (Å²) < 4.78 is 20.7. The van der Waals surface area contributed by atoms with Crippen LogP contribution in [0.1, 0.15) is 0 Å². The third-order valence-corrected chi connectivity index (χ3v) is 1.70. The summed E-state index contributed by atoms with van der Waals surface area (Å²) in [6.45, 7) is 0. The van der Waals surface area contributed by atoms with Crippen LogP contribution in [0.4, 0.5) is 5.69 Å². The zero-order chi connectivity index (χ0) is 7.56. The van der Waals surface area contributed by atoms with E-state index >= 15 is 0 Å². The van der Waals surface area contributed by atoms with Crippen molar-refractivity contribution >= 4 is 16.0 Å². The third kappa shape index (κ3) is 1.19. The topological polar surface area (TPSA) is 76.0 Å². The molecular weight excluding hydrogens is 152 g/mol. The van der Waals surface area contributed by atoms with E-state index in [9.17, 15) is 8.42 Å². The standard InChI is InChI=1S/C5H6N2O2S/c6-4-2-1-3-7-5(4)10(8)9/h1-3,7H,6H2. The second-order valence-electron chi connectivity index (χ2n) is 1.69. The molecule has 54 valence electrons. The summed E-state index contributed by atoms with van der Waals surface area (Å²) in [6, 6.07) is 3.15. The van der Waals surface area contributed by atoms with E-state index in [0.29, 0.717) is 0 Å². The number of hydrogen-bond acceptors (Lipinski definition) is 3. The van der Waals surface area contributed by atoms with Crippen LogP contribution in [0.25, 0.3) is 0 Å². The Hall–Kier alpha value is -1.23. The maximum atomic E-state index is 10.3. The van der Waals surface area contributed by atoms with Gasteiger partial charge in [0.1, 0.15) is 0 Å². The maximum absolute atomic E-state index is 10.3. The molecule has 1 aromatic rings. The number of anilines is 1. The van der Waals surface area contributed by atoms with Crippen molar-refractivity contribution < 1.29 is 8.42 Å². The molecular formula is C5H6N2O2S. The van der Waals surface area contributed by atoms with Gasteiger partial charge in [-0.3, -0.25) is 0 Å². The van der Waals surface area contributed by atoms with Crippen LogP contribution < -0.4 is 5.73 Å². The van der Waals surface area contributed by atoms with Gasteiger partial charge in [-0.2, -0.15) is 8.42 Å². The average Bonchev–Trinajstić information content (AvgIpc) is 1.88. The Kier molecular flexibility index (Phi) is 1.77. The van der Waals surface area contributed by atoms with Crippen LogP contribution in [-0.4, -0.2) is 13.4 Å². The van der Waals surface area contributed by atoms with Crippen molar-refractivity contribution in [3.05, 3.63) is 23.0 Å². The van der Waals surface area contributed by atoms with E-state index < -0.39 is 10.3 Å². The summed E-state index contributed by atoms with van der Waals surface area (Å²) in [5.74, 6) is 0. The van der Waals surface area contributed by atoms with Gasteiger partial charge in [-0.1, -0.05) is 0 Å². The van der Waals surface area contributed by atoms with E-state index in [1.807, 2.05) is 0 Å². The highest BCUT2D eigenvalue weighted by atomic mass is 32.2. The summed E-state index contributed by atoms with van der Waals surface area (Å²) in [5.41, 5.74) is 5.53. The molecule has 0 aliphatic rings. The van der Waals surface area contributed by atoms with Crippen molar-refractivity contribution in [2.45, 2.75) is 0 Å². The summed E-state index contributed by atoms with van der Waals surface area (Å²) in [7, 11) is -2.27. The molecule has 0 bridgehead atoms. The summed E-state index contributed by atoms with van der Waals surface area (Å²) >= 11 is 0. The van der Waals surface area contributed by atoms with Crippen molar-refractivity contribution in [1.29, 1.82) is 0 Å². The fraction of sp³-hybridized carbons (Fsp3) is 0. The second-order valence-corrected chi connectivity index (χ2v) is 2.57. The Bertz CT molecular complexity index is 382. The van der Waals surface area contributed by atoms with Gasteiger partial charge in [0.15, 0.2) is 4.64 Å². The van der Waals surface area contributed by atoms with Crippen LogP contribution >= 0.6 is 0 Å². The Morgan fingerprint density at radius 2 is 2.20 bits per heavy atom. The lowest BCUT2D eigenvalue weighted by Gasteiger charge is -1.87. The molecule has 0 aliphatic heterocycles. The van der Waals surface area contributed by atoms with Crippen LogP contribution in [0.3, 0.4) is 0 Å². The lowest BCUT2D eigenvalue weighted by molar-refractivity contribution is 0.624. The van der Waals surface area contributed by atoms with Crippen LogP contribution in [0.2, 0.25) is 0 Å². The quantitative estimate of drug-likeness (QED) is 0.522. The van der Waals surface area contributed by atoms with Gasteiger partial charge in [0.2, 0.25) is 10.3 Å². The van der Waals surface area contributed by atoms with Gasteiger partial charge < -0.3 is 10.7 Å². The first-order chi connectivity index (χ1) is 4.72. The first kappa shape index (κ1) is 6.88. The number of rotatable bonds is 0. The lowest BCUT2D eigenvalue weighted by Crippen LogP contribution is -1.88. The monoisotopic (exact) mass is 158 g/mol. The van der Waals surface area contributed by atoms with Crippen LogP contribution in [-0.2, 0) is 10.3 Å². The van der Waals surface area contributed by atoms with Crippen molar-refractivity contribution in [3.8, 4) is 0 Å². The van der Waals surface area contributed by atoms with Gasteiger partial charge in [-0.05, 0) is 12.1 Å². The molecule has 10 heavy (non-hydrogen) atoms. The number of hydrogen-bond donors (Lipinski definition) is 2. The van der Waals surface area contributed by atoms with E-state index in [1.165, 1.54) is 12.3 Å². The van der Waals surface area contributed by atoms with Gasteiger partial charge in [0.05, 0.1) is 5.69 Å². The molecule has 0 aromatic carbocycles. The fourth-order valence-corrected chi connectivity index (χ4v) is 1.00. The molecule has 1 aromatic heterocycles. The van der Waals surface area contributed by atoms with Gasteiger partial charge in [0, 0.05) is 6.20 Å². The van der Waals surface area contributed by atoms with Gasteiger partial charge in [0.25, 0.3) is 0 Å². The van der Waals surface area contributed by atoms with E-state index in [2.05, 4.69) is 4.98 Å². The Labute approximate surface area is 58.9 Å². The fourth-order valence-electron chi connectivity index (χ4n) is 0.579. The molecule has 0 saturated carbocycles. The maximum Gasteiger partial charge on any atom is 0.240 e. The zero-order valence-electron chi connectivity index (χ0n) is 5.03. The normalized spacial score (nSPS) is 9.20. The molecule has 0 saturated heterocycles. The van der Waals surface area contributed by atoms with Gasteiger partial charge in [-0.25, -0.2) is 0 Å². The Morgan fingerprint density at radius 1 is 1.50 bits per heavy atom. The van der Waals surface area contributed by atoms with Crippen LogP contribution in [0.5, 0.6) is 0 Å². The van der Waals surface area contributed by atoms with Crippen molar-refractivity contribution in [2.24, 2.45) is 0 Å². The second kappa shape index (κ2) is 2.57. The molecule has 0 atom stereocenters. The van der Waals surface area contributed by atoms with Gasteiger partial charge >= 0.3 is 0 Å². The number of nitrogens with one attached hydrogen (secondary N) is 1. The molecule has 1 rings (SSSR count). The number of aromatic nitrogens is 1. The Morgan fingerprint density at radius 3 is 2.60 bits per heavy atom. The number of pyridine rings is 1. The van der Waals surface area contributed by atoms with E-state index in [1.54, 1.807) is 6.07 Å². The molecule has 1 heterocycles. The molecule has 4 nitrogen and oxygen atoms in total. The summed E-state index contributed by atoms with van der Waals surface area (Å²) in [4.78, 5) is 2.50. The molecule has 0 radical (unpaired) electrons. The smallest absolute Gasteiger partial charge is 0.240 e. The predicted molar refractivity (Wildman–Crippen MR) is 37.4 cm³/mol. The molecule has 3 N–H and O–H groups in total. The minimum Gasteiger partial charge on any atom is -0.396 e. The van der Waals surface area contributed by atoms with Crippen molar-refractivity contribution in [1.82, 2.24) is 4.98 Å². The minimum atomic E-state index is -2.27. The summed E-state index contributed by atoms with van der Waals surface area (Å²) in [5, 5.41) is 0. The molecule has 0 fully saturated rings. The van der Waals surface area contributed by atoms with E-state index in [-0.39, 0.29) is 10.3 Å². The molecule has 0 amide bonds. The SMILES string of the molecule is Nc1ccc[nH]c1=S(=O)=O. The van der Waals surface area contributed by atoms with Crippen molar-refractivity contribution in [3.63, 3.8) is 0 Å². The van der Waals surface area contributed by atoms with E-state index in [0.717, 1.165) is 0 Å². The zero-order valence-corrected chi connectivity index (χ0v) is 5.85. The highest BCUT2D eigenvalue weighted by Crippen LogP contribution is 1.96.